The maximum absolute atomic E-state index is 6.36. The summed E-state index contributed by atoms with van der Waals surface area (Å²) < 4.78 is 12.3. The van der Waals surface area contributed by atoms with E-state index in [-0.39, 0.29) is 0 Å². The van der Waals surface area contributed by atoms with Crippen LogP contribution in [-0.4, -0.2) is 4.98 Å². The summed E-state index contributed by atoms with van der Waals surface area (Å²) >= 11 is 0. The van der Waals surface area contributed by atoms with Crippen LogP contribution in [-0.2, 0) is 0 Å². The van der Waals surface area contributed by atoms with Crippen LogP contribution in [0.4, 0.5) is 17.1 Å². The van der Waals surface area contributed by atoms with Crippen molar-refractivity contribution in [2.24, 2.45) is 0 Å². The minimum absolute atomic E-state index is 0.592. The highest BCUT2D eigenvalue weighted by Gasteiger charge is 2.15. The van der Waals surface area contributed by atoms with Crippen LogP contribution < -0.4 is 9.64 Å². The monoisotopic (exact) mass is 580 g/mol. The van der Waals surface area contributed by atoms with E-state index < -0.39 is 0 Å². The highest BCUT2D eigenvalue weighted by molar-refractivity contribution is 5.89. The molecule has 0 aliphatic heterocycles. The normalized spacial score (nSPS) is 11.1. The van der Waals surface area contributed by atoms with Crippen LogP contribution in [0, 0.1) is 0 Å². The molecule has 0 fully saturated rings. The Labute approximate surface area is 261 Å². The third-order valence-electron chi connectivity index (χ3n) is 7.93. The van der Waals surface area contributed by atoms with Gasteiger partial charge in [-0.1, -0.05) is 91.0 Å². The van der Waals surface area contributed by atoms with Gasteiger partial charge in [0.25, 0.3) is 0 Å². The van der Waals surface area contributed by atoms with E-state index in [0.29, 0.717) is 5.89 Å². The standard InChI is InChI=1S/C41H28N2O2/c1-2-9-29(10-3-1)31-17-22-34(23-18-31)43(36-24-19-30-11-4-5-12-33(30)27-36)35-13-8-14-38(28-35)44-37-25-20-32(21-26-37)41-42-39-15-6-7-16-40(39)45-41/h1-28H. The summed E-state index contributed by atoms with van der Waals surface area (Å²) in [6.07, 6.45) is 0. The molecule has 214 valence electrons. The van der Waals surface area contributed by atoms with Gasteiger partial charge in [-0.2, -0.15) is 0 Å². The zero-order valence-corrected chi connectivity index (χ0v) is 24.4. The minimum atomic E-state index is 0.592. The molecule has 7 aromatic carbocycles. The average Bonchev–Trinajstić information content (AvgIpc) is 3.54. The summed E-state index contributed by atoms with van der Waals surface area (Å²) in [4.78, 5) is 6.88. The highest BCUT2D eigenvalue weighted by atomic mass is 16.5. The van der Waals surface area contributed by atoms with Crippen LogP contribution in [0.25, 0.3) is 44.5 Å². The number of nitrogens with zero attached hydrogens (tertiary/aromatic N) is 2. The van der Waals surface area contributed by atoms with Crippen LogP contribution in [0.15, 0.2) is 174 Å². The predicted octanol–water partition coefficient (Wildman–Crippen LogP) is 11.6. The average molecular weight is 581 g/mol. The van der Waals surface area contributed by atoms with Gasteiger partial charge in [-0.25, -0.2) is 4.98 Å². The second kappa shape index (κ2) is 11.5. The first-order valence-corrected chi connectivity index (χ1v) is 15.0. The van der Waals surface area contributed by atoms with Gasteiger partial charge in [-0.3, -0.25) is 0 Å². The third-order valence-corrected chi connectivity index (χ3v) is 7.93. The summed E-state index contributed by atoms with van der Waals surface area (Å²) in [6.45, 7) is 0. The fourth-order valence-electron chi connectivity index (χ4n) is 5.68. The largest absolute Gasteiger partial charge is 0.457 e. The molecule has 45 heavy (non-hydrogen) atoms. The summed E-state index contributed by atoms with van der Waals surface area (Å²) in [5.74, 6) is 2.07. The second-order valence-electron chi connectivity index (χ2n) is 10.9. The lowest BCUT2D eigenvalue weighted by Gasteiger charge is -2.26. The smallest absolute Gasteiger partial charge is 0.227 e. The number of oxazole rings is 1. The molecule has 8 rings (SSSR count). The molecule has 0 bridgehead atoms. The van der Waals surface area contributed by atoms with E-state index in [1.807, 2.05) is 66.7 Å². The maximum atomic E-state index is 6.36. The summed E-state index contributed by atoms with van der Waals surface area (Å²) in [7, 11) is 0. The number of rotatable bonds is 7. The lowest BCUT2D eigenvalue weighted by molar-refractivity contribution is 0.483. The van der Waals surface area contributed by atoms with Crippen molar-refractivity contribution in [3.63, 3.8) is 0 Å². The van der Waals surface area contributed by atoms with Crippen LogP contribution in [0.1, 0.15) is 0 Å². The fraction of sp³-hybridized carbons (Fsp3) is 0. The Morgan fingerprint density at radius 2 is 1.11 bits per heavy atom. The minimum Gasteiger partial charge on any atom is -0.457 e. The van der Waals surface area contributed by atoms with Gasteiger partial charge in [0.2, 0.25) is 5.89 Å². The van der Waals surface area contributed by atoms with Gasteiger partial charge in [0.15, 0.2) is 5.58 Å². The molecule has 0 aliphatic carbocycles. The number of anilines is 3. The number of ether oxygens (including phenoxy) is 1. The lowest BCUT2D eigenvalue weighted by Crippen LogP contribution is -2.10. The van der Waals surface area contributed by atoms with E-state index in [1.165, 1.54) is 21.9 Å². The van der Waals surface area contributed by atoms with E-state index in [1.54, 1.807) is 0 Å². The van der Waals surface area contributed by atoms with Gasteiger partial charge in [-0.05, 0) is 94.7 Å². The zero-order valence-electron chi connectivity index (χ0n) is 24.4. The number of aromatic nitrogens is 1. The molecule has 4 heteroatoms. The Hall–Kier alpha value is -6.13. The molecule has 0 spiro atoms. The van der Waals surface area contributed by atoms with E-state index >= 15 is 0 Å². The van der Waals surface area contributed by atoms with Crippen LogP contribution in [0.5, 0.6) is 11.5 Å². The molecule has 0 amide bonds. The molecule has 0 N–H and O–H groups in total. The van der Waals surface area contributed by atoms with Crippen molar-refractivity contribution in [3.05, 3.63) is 170 Å². The molecule has 0 aliphatic rings. The van der Waals surface area contributed by atoms with Crippen molar-refractivity contribution >= 4 is 38.9 Å². The van der Waals surface area contributed by atoms with E-state index in [9.17, 15) is 0 Å². The van der Waals surface area contributed by atoms with Crippen molar-refractivity contribution < 1.29 is 9.15 Å². The zero-order chi connectivity index (χ0) is 30.0. The maximum Gasteiger partial charge on any atom is 0.227 e. The van der Waals surface area contributed by atoms with Crippen molar-refractivity contribution in [1.29, 1.82) is 0 Å². The molecule has 0 saturated carbocycles. The Bertz CT molecular complexity index is 2200. The molecule has 8 aromatic rings. The van der Waals surface area contributed by atoms with Gasteiger partial charge >= 0.3 is 0 Å². The Kier molecular flexibility index (Phi) is 6.78. The first-order valence-electron chi connectivity index (χ1n) is 15.0. The fourth-order valence-corrected chi connectivity index (χ4v) is 5.68. The van der Waals surface area contributed by atoms with Crippen LogP contribution in [0.2, 0.25) is 0 Å². The number of hydrogen-bond donors (Lipinski definition) is 0. The van der Waals surface area contributed by atoms with Gasteiger partial charge in [0.1, 0.15) is 17.0 Å². The number of benzene rings is 7. The van der Waals surface area contributed by atoms with Crippen molar-refractivity contribution in [2.75, 3.05) is 4.90 Å². The molecule has 0 radical (unpaired) electrons. The van der Waals surface area contributed by atoms with Crippen LogP contribution in [0.3, 0.4) is 0 Å². The summed E-state index contributed by atoms with van der Waals surface area (Å²) in [6, 6.07) is 58.0. The molecule has 0 saturated heterocycles. The number of hydrogen-bond acceptors (Lipinski definition) is 4. The SMILES string of the molecule is c1ccc(-c2ccc(N(c3cccc(Oc4ccc(-c5nc6ccccc6o5)cc4)c3)c3ccc4ccccc4c3)cc2)cc1. The van der Waals surface area contributed by atoms with Crippen LogP contribution >= 0.6 is 0 Å². The van der Waals surface area contributed by atoms with Gasteiger partial charge < -0.3 is 14.1 Å². The first-order chi connectivity index (χ1) is 22.3. The third kappa shape index (κ3) is 5.41. The molecule has 1 aromatic heterocycles. The van der Waals surface area contributed by atoms with Crippen molar-refractivity contribution in [1.82, 2.24) is 4.98 Å². The quantitative estimate of drug-likeness (QED) is 0.188. The Morgan fingerprint density at radius 1 is 0.444 bits per heavy atom. The van der Waals surface area contributed by atoms with Gasteiger partial charge in [0, 0.05) is 28.7 Å². The second-order valence-corrected chi connectivity index (χ2v) is 10.9. The lowest BCUT2D eigenvalue weighted by atomic mass is 10.0. The van der Waals surface area contributed by atoms with Gasteiger partial charge in [0.05, 0.1) is 0 Å². The van der Waals surface area contributed by atoms with Gasteiger partial charge in [-0.15, -0.1) is 0 Å². The highest BCUT2D eigenvalue weighted by Crippen LogP contribution is 2.39. The first kappa shape index (κ1) is 26.5. The van der Waals surface area contributed by atoms with E-state index in [4.69, 9.17) is 9.15 Å². The van der Waals surface area contributed by atoms with E-state index in [0.717, 1.165) is 45.2 Å². The topological polar surface area (TPSA) is 38.5 Å². The van der Waals surface area contributed by atoms with Crippen molar-refractivity contribution in [3.8, 4) is 34.1 Å². The number of fused-ring (bicyclic) bond motifs is 2. The number of para-hydroxylation sites is 2. The molecular formula is C41H28N2O2. The Balaban J connectivity index is 1.12. The molecule has 4 nitrogen and oxygen atoms in total. The molecular weight excluding hydrogens is 552 g/mol. The predicted molar refractivity (Wildman–Crippen MR) is 184 cm³/mol. The van der Waals surface area contributed by atoms with E-state index in [2.05, 4.69) is 113 Å². The summed E-state index contributed by atoms with van der Waals surface area (Å²) in [5.41, 5.74) is 8.01. The molecule has 1 heterocycles. The summed E-state index contributed by atoms with van der Waals surface area (Å²) in [5, 5.41) is 2.39. The molecule has 0 unspecified atom stereocenters. The molecule has 0 atom stereocenters. The van der Waals surface area contributed by atoms with Crippen molar-refractivity contribution in [2.45, 2.75) is 0 Å². The Morgan fingerprint density at radius 3 is 1.93 bits per heavy atom.